The van der Waals surface area contributed by atoms with E-state index in [1.807, 2.05) is 12.4 Å². The van der Waals surface area contributed by atoms with E-state index in [0.717, 1.165) is 25.4 Å². The summed E-state index contributed by atoms with van der Waals surface area (Å²) in [4.78, 5) is 16.0. The summed E-state index contributed by atoms with van der Waals surface area (Å²) in [6.45, 7) is 4.43. The molecule has 1 aromatic carbocycles. The molecule has 0 amide bonds. The average Bonchev–Trinajstić information content (AvgIpc) is 3.24. The molecule has 1 N–H and O–H groups in total. The van der Waals surface area contributed by atoms with Crippen molar-refractivity contribution in [2.45, 2.75) is 55.6 Å². The van der Waals surface area contributed by atoms with E-state index in [-0.39, 0.29) is 5.54 Å². The van der Waals surface area contributed by atoms with Gasteiger partial charge in [-0.3, -0.25) is 15.1 Å². The van der Waals surface area contributed by atoms with Crippen molar-refractivity contribution in [3.05, 3.63) is 54.6 Å². The van der Waals surface area contributed by atoms with Crippen LogP contribution >= 0.6 is 0 Å². The van der Waals surface area contributed by atoms with Crippen LogP contribution in [0.5, 0.6) is 0 Å². The van der Waals surface area contributed by atoms with Crippen molar-refractivity contribution in [2.24, 2.45) is 0 Å². The monoisotopic (exact) mass is 420 g/mol. The minimum absolute atomic E-state index is 0.171. The van der Waals surface area contributed by atoms with Gasteiger partial charge in [-0.25, -0.2) is 9.97 Å². The first-order valence-electron chi connectivity index (χ1n) is 11.8. The maximum Gasteiger partial charge on any atom is 0.115 e. The topological polar surface area (TPSA) is 47.5 Å². The molecule has 31 heavy (non-hydrogen) atoms. The van der Waals surface area contributed by atoms with Crippen LogP contribution in [-0.4, -0.2) is 71.7 Å². The molecule has 3 fully saturated rings. The highest BCUT2D eigenvalue weighted by Crippen LogP contribution is 2.46. The van der Waals surface area contributed by atoms with Gasteiger partial charge in [-0.1, -0.05) is 30.3 Å². The average molecular weight is 421 g/mol. The fourth-order valence-electron chi connectivity index (χ4n) is 6.19. The highest BCUT2D eigenvalue weighted by Gasteiger charge is 2.48. The zero-order valence-electron chi connectivity index (χ0n) is 19.0. The predicted octanol–water partition coefficient (Wildman–Crippen LogP) is 3.08. The lowest BCUT2D eigenvalue weighted by Gasteiger charge is -2.49. The summed E-state index contributed by atoms with van der Waals surface area (Å²) < 4.78 is 0. The van der Waals surface area contributed by atoms with Crippen molar-refractivity contribution in [1.82, 2.24) is 25.1 Å². The SMILES string of the molecule is CN(C)[C@]1(c2ccccc2)CC[C@@]2(CC1)CN(C1CCN(c3cncnc3)CC1)CN2. The van der Waals surface area contributed by atoms with E-state index in [1.165, 1.54) is 50.6 Å². The minimum Gasteiger partial charge on any atom is -0.369 e. The van der Waals surface area contributed by atoms with Gasteiger partial charge in [0.05, 0.1) is 18.1 Å². The van der Waals surface area contributed by atoms with Crippen LogP contribution in [-0.2, 0) is 5.54 Å². The largest absolute Gasteiger partial charge is 0.369 e. The number of aromatic nitrogens is 2. The lowest BCUT2D eigenvalue weighted by molar-refractivity contribution is 0.0598. The molecule has 6 heteroatoms. The Hall–Kier alpha value is -2.02. The molecule has 1 aromatic heterocycles. The molecule has 2 saturated heterocycles. The summed E-state index contributed by atoms with van der Waals surface area (Å²) >= 11 is 0. The molecule has 6 nitrogen and oxygen atoms in total. The molecule has 3 aliphatic rings. The van der Waals surface area contributed by atoms with Gasteiger partial charge < -0.3 is 4.90 Å². The summed E-state index contributed by atoms with van der Waals surface area (Å²) in [5.41, 5.74) is 3.09. The Morgan fingerprint density at radius 3 is 2.29 bits per heavy atom. The van der Waals surface area contributed by atoms with Gasteiger partial charge in [0, 0.05) is 43.4 Å². The second-order valence-corrected chi connectivity index (χ2v) is 9.97. The lowest BCUT2D eigenvalue weighted by Crippen LogP contribution is -2.54. The molecule has 3 heterocycles. The third kappa shape index (κ3) is 3.97. The normalized spacial score (nSPS) is 30.4. The molecule has 166 valence electrons. The first-order valence-corrected chi connectivity index (χ1v) is 11.8. The minimum atomic E-state index is 0.171. The summed E-state index contributed by atoms with van der Waals surface area (Å²) in [6, 6.07) is 11.8. The molecule has 2 aliphatic heterocycles. The maximum atomic E-state index is 4.18. The molecule has 1 aliphatic carbocycles. The van der Waals surface area contributed by atoms with Gasteiger partial charge in [0.2, 0.25) is 0 Å². The van der Waals surface area contributed by atoms with Crippen molar-refractivity contribution >= 4 is 5.69 Å². The van der Waals surface area contributed by atoms with E-state index in [0.29, 0.717) is 11.6 Å². The molecule has 0 bridgehead atoms. The first-order chi connectivity index (χ1) is 15.1. The predicted molar refractivity (Wildman–Crippen MR) is 125 cm³/mol. The van der Waals surface area contributed by atoms with Crippen LogP contribution < -0.4 is 10.2 Å². The summed E-state index contributed by atoms with van der Waals surface area (Å²) in [5.74, 6) is 0. The Balaban J connectivity index is 1.20. The number of hydrogen-bond donors (Lipinski definition) is 1. The number of benzene rings is 1. The van der Waals surface area contributed by atoms with E-state index in [9.17, 15) is 0 Å². The van der Waals surface area contributed by atoms with Crippen LogP contribution in [0.3, 0.4) is 0 Å². The molecular weight excluding hydrogens is 384 g/mol. The van der Waals surface area contributed by atoms with E-state index < -0.39 is 0 Å². The van der Waals surface area contributed by atoms with Crippen LogP contribution in [0.4, 0.5) is 5.69 Å². The Kier molecular flexibility index (Phi) is 5.71. The van der Waals surface area contributed by atoms with Crippen LogP contribution in [0.15, 0.2) is 49.1 Å². The third-order valence-corrected chi connectivity index (χ3v) is 8.26. The number of piperidine rings is 1. The number of nitrogens with zero attached hydrogens (tertiary/aromatic N) is 5. The first kappa shape index (κ1) is 20.9. The van der Waals surface area contributed by atoms with E-state index in [4.69, 9.17) is 0 Å². The second kappa shape index (κ2) is 8.49. The molecule has 5 rings (SSSR count). The molecule has 1 spiro atoms. The summed E-state index contributed by atoms with van der Waals surface area (Å²) in [5, 5.41) is 3.96. The van der Waals surface area contributed by atoms with Crippen LogP contribution in [0, 0.1) is 0 Å². The quantitative estimate of drug-likeness (QED) is 0.820. The molecule has 0 radical (unpaired) electrons. The molecule has 0 atom stereocenters. The fraction of sp³-hybridized carbons (Fsp3) is 0.600. The number of hydrogen-bond acceptors (Lipinski definition) is 6. The van der Waals surface area contributed by atoms with Gasteiger partial charge in [0.15, 0.2) is 0 Å². The van der Waals surface area contributed by atoms with Gasteiger partial charge in [-0.05, 0) is 58.2 Å². The molecule has 1 saturated carbocycles. The van der Waals surface area contributed by atoms with Crippen molar-refractivity contribution in [3.8, 4) is 0 Å². The fourth-order valence-corrected chi connectivity index (χ4v) is 6.19. The Morgan fingerprint density at radius 2 is 1.65 bits per heavy atom. The highest BCUT2D eigenvalue weighted by atomic mass is 15.4. The highest BCUT2D eigenvalue weighted by molar-refractivity contribution is 5.41. The second-order valence-electron chi connectivity index (χ2n) is 9.97. The van der Waals surface area contributed by atoms with Crippen molar-refractivity contribution in [3.63, 3.8) is 0 Å². The smallest absolute Gasteiger partial charge is 0.115 e. The van der Waals surface area contributed by atoms with Crippen molar-refractivity contribution in [2.75, 3.05) is 45.3 Å². The Bertz CT molecular complexity index is 839. The van der Waals surface area contributed by atoms with Crippen LogP contribution in [0.25, 0.3) is 0 Å². The van der Waals surface area contributed by atoms with E-state index >= 15 is 0 Å². The number of nitrogens with one attached hydrogen (secondary N) is 1. The van der Waals surface area contributed by atoms with Crippen LogP contribution in [0.2, 0.25) is 0 Å². The maximum absolute atomic E-state index is 4.18. The zero-order valence-corrected chi connectivity index (χ0v) is 19.0. The number of rotatable bonds is 4. The third-order valence-electron chi connectivity index (χ3n) is 8.26. The van der Waals surface area contributed by atoms with Crippen molar-refractivity contribution in [1.29, 1.82) is 0 Å². The van der Waals surface area contributed by atoms with Gasteiger partial charge in [-0.2, -0.15) is 0 Å². The Labute approximate surface area is 186 Å². The van der Waals surface area contributed by atoms with Crippen LogP contribution in [0.1, 0.15) is 44.1 Å². The molecule has 0 unspecified atom stereocenters. The Morgan fingerprint density at radius 1 is 0.968 bits per heavy atom. The van der Waals surface area contributed by atoms with Gasteiger partial charge in [0.1, 0.15) is 6.33 Å². The summed E-state index contributed by atoms with van der Waals surface area (Å²) in [6.07, 6.45) is 12.9. The lowest BCUT2D eigenvalue weighted by atomic mass is 9.69. The summed E-state index contributed by atoms with van der Waals surface area (Å²) in [7, 11) is 4.51. The van der Waals surface area contributed by atoms with E-state index in [2.05, 4.69) is 74.4 Å². The molecule has 2 aromatic rings. The zero-order chi connectivity index (χ0) is 21.3. The van der Waals surface area contributed by atoms with Gasteiger partial charge in [-0.15, -0.1) is 0 Å². The van der Waals surface area contributed by atoms with Gasteiger partial charge in [0.25, 0.3) is 0 Å². The standard InChI is InChI=1S/C25H36N6/c1-29(2)25(21-6-4-3-5-7-21)12-10-24(11-13-25)18-31(20-28-24)22-8-14-30(15-9-22)23-16-26-19-27-17-23/h3-7,16-17,19,22,28H,8-15,18,20H2,1-2H3/t24-,25-. The molecular formula is C25H36N6. The van der Waals surface area contributed by atoms with Crippen molar-refractivity contribution < 1.29 is 0 Å². The number of anilines is 1. The van der Waals surface area contributed by atoms with Gasteiger partial charge >= 0.3 is 0 Å². The van der Waals surface area contributed by atoms with E-state index in [1.54, 1.807) is 6.33 Å².